The van der Waals surface area contributed by atoms with Crippen molar-refractivity contribution >= 4 is 11.4 Å². The maximum Gasteiger partial charge on any atom is 0.0887 e. The Labute approximate surface area is 258 Å². The normalized spacial score (nSPS) is 21.3. The van der Waals surface area contributed by atoms with E-state index >= 15 is 0 Å². The molecule has 4 nitrogen and oxygen atoms in total. The summed E-state index contributed by atoms with van der Waals surface area (Å²) >= 11 is 0. The van der Waals surface area contributed by atoms with Crippen molar-refractivity contribution in [2.75, 3.05) is 26.7 Å². The number of hydrogen-bond acceptors (Lipinski definition) is 4. The molecule has 0 radical (unpaired) electrons. The molecule has 1 unspecified atom stereocenters. The number of rotatable bonds is 14. The molecule has 42 heavy (non-hydrogen) atoms. The minimum absolute atomic E-state index is 0.342. The Hall–Kier alpha value is -2.46. The molecule has 0 aromatic rings. The van der Waals surface area contributed by atoms with Crippen LogP contribution in [0.3, 0.4) is 0 Å². The van der Waals surface area contributed by atoms with Gasteiger partial charge in [-0.2, -0.15) is 0 Å². The maximum absolute atomic E-state index is 5.43. The zero-order chi connectivity index (χ0) is 30.6. The Balaban J connectivity index is 1.84. The van der Waals surface area contributed by atoms with Gasteiger partial charge in [0.15, 0.2) is 0 Å². The fourth-order valence-electron chi connectivity index (χ4n) is 5.98. The van der Waals surface area contributed by atoms with Crippen molar-refractivity contribution in [1.82, 2.24) is 10.2 Å². The number of hydrogen-bond donors (Lipinski definition) is 1. The highest BCUT2D eigenvalue weighted by Gasteiger charge is 2.22. The van der Waals surface area contributed by atoms with Crippen LogP contribution in [0.1, 0.15) is 113 Å². The molecule has 1 saturated heterocycles. The highest BCUT2D eigenvalue weighted by Crippen LogP contribution is 2.31. The van der Waals surface area contributed by atoms with Crippen LogP contribution in [0.2, 0.25) is 0 Å². The van der Waals surface area contributed by atoms with Gasteiger partial charge in [-0.05, 0) is 133 Å². The van der Waals surface area contributed by atoms with E-state index in [2.05, 4.69) is 89.6 Å². The van der Waals surface area contributed by atoms with Gasteiger partial charge in [-0.1, -0.05) is 56.9 Å². The first-order valence-electron chi connectivity index (χ1n) is 16.8. The lowest BCUT2D eigenvalue weighted by Crippen LogP contribution is -2.42. The van der Waals surface area contributed by atoms with Gasteiger partial charge in [-0.3, -0.25) is 9.98 Å². The van der Waals surface area contributed by atoms with Gasteiger partial charge >= 0.3 is 0 Å². The van der Waals surface area contributed by atoms with Crippen molar-refractivity contribution < 1.29 is 0 Å². The summed E-state index contributed by atoms with van der Waals surface area (Å²) in [5.41, 5.74) is 10.7. The molecule has 1 heterocycles. The van der Waals surface area contributed by atoms with Gasteiger partial charge < -0.3 is 10.2 Å². The van der Waals surface area contributed by atoms with Crippen LogP contribution in [-0.2, 0) is 0 Å². The molecule has 232 valence electrons. The molecular weight excluding hydrogens is 512 g/mol. The molecule has 0 aromatic heterocycles. The van der Waals surface area contributed by atoms with Crippen LogP contribution in [0.15, 0.2) is 80.1 Å². The molecule has 0 aromatic carbocycles. The summed E-state index contributed by atoms with van der Waals surface area (Å²) in [6.45, 7) is 22.9. The third-order valence-corrected chi connectivity index (χ3v) is 9.85. The molecule has 4 heteroatoms. The molecule has 0 bridgehead atoms. The van der Waals surface area contributed by atoms with E-state index in [1.54, 1.807) is 5.57 Å². The highest BCUT2D eigenvalue weighted by molar-refractivity contribution is 6.12. The number of aliphatic imine (C=N–C) groups is 2. The summed E-state index contributed by atoms with van der Waals surface area (Å²) in [5, 5.41) is 3.86. The van der Waals surface area contributed by atoms with Crippen molar-refractivity contribution in [3.05, 3.63) is 70.1 Å². The molecule has 1 N–H and O–H groups in total. The molecule has 2 aliphatic carbocycles. The van der Waals surface area contributed by atoms with Gasteiger partial charge in [0, 0.05) is 37.6 Å². The summed E-state index contributed by atoms with van der Waals surface area (Å²) in [7, 11) is 1.88. The monoisotopic (exact) mass is 572 g/mol. The Morgan fingerprint density at radius 2 is 1.69 bits per heavy atom. The predicted octanol–water partition coefficient (Wildman–Crippen LogP) is 9.55. The van der Waals surface area contributed by atoms with Gasteiger partial charge in [-0.25, -0.2) is 0 Å². The molecule has 0 spiro atoms. The molecule has 2 saturated carbocycles. The van der Waals surface area contributed by atoms with E-state index < -0.39 is 0 Å². The number of piperidine rings is 1. The van der Waals surface area contributed by atoms with E-state index in [1.165, 1.54) is 81.2 Å². The fourth-order valence-corrected chi connectivity index (χ4v) is 5.98. The summed E-state index contributed by atoms with van der Waals surface area (Å²) in [6.07, 6.45) is 21.9. The highest BCUT2D eigenvalue weighted by atomic mass is 15.2. The second-order valence-corrected chi connectivity index (χ2v) is 13.0. The van der Waals surface area contributed by atoms with Gasteiger partial charge in [0.25, 0.3) is 0 Å². The van der Waals surface area contributed by atoms with Crippen LogP contribution < -0.4 is 5.32 Å². The molecule has 1 atom stereocenters. The van der Waals surface area contributed by atoms with Crippen molar-refractivity contribution in [3.8, 4) is 0 Å². The summed E-state index contributed by atoms with van der Waals surface area (Å²) in [6, 6.07) is 0.657. The van der Waals surface area contributed by atoms with E-state index in [9.17, 15) is 0 Å². The molecule has 1 aliphatic heterocycles. The maximum atomic E-state index is 5.43. The van der Waals surface area contributed by atoms with E-state index in [4.69, 9.17) is 9.98 Å². The summed E-state index contributed by atoms with van der Waals surface area (Å²) in [5.74, 6) is 1.33. The van der Waals surface area contributed by atoms with Gasteiger partial charge in [0.05, 0.1) is 11.4 Å². The van der Waals surface area contributed by atoms with Crippen molar-refractivity contribution in [1.29, 1.82) is 0 Å². The first-order valence-corrected chi connectivity index (χ1v) is 16.8. The minimum Gasteiger partial charge on any atom is -0.372 e. The van der Waals surface area contributed by atoms with E-state index in [1.807, 2.05) is 7.05 Å². The first kappa shape index (κ1) is 34.0. The molecule has 3 fully saturated rings. The van der Waals surface area contributed by atoms with E-state index in [-0.39, 0.29) is 0 Å². The lowest BCUT2D eigenvalue weighted by molar-refractivity contribution is 0.235. The minimum atomic E-state index is 0.342. The Morgan fingerprint density at radius 1 is 1.00 bits per heavy atom. The van der Waals surface area contributed by atoms with Gasteiger partial charge in [0.2, 0.25) is 0 Å². The molecular formula is C38H60N4. The van der Waals surface area contributed by atoms with Crippen LogP contribution in [0.25, 0.3) is 0 Å². The average Bonchev–Trinajstić information content (AvgIpc) is 2.92. The van der Waals surface area contributed by atoms with Crippen LogP contribution >= 0.6 is 0 Å². The van der Waals surface area contributed by atoms with Crippen molar-refractivity contribution in [3.63, 3.8) is 0 Å². The standard InChI is InChI=1S/C38H60N4/c1-10-28(5)38(41-37(26-30(7)33-16-13-17-33)36(39-9)25-29(6)27(3)4)31(8)24-35(11-2)42-22-19-34(20-23-42)40-21-18-32-14-12-15-32/h11,24-26,28,32,34,40H,3,10,12-23H2,1-2,4-9H3/b29-25+,31-24-,35-11+,37-26-,39-36+,41-38-. The van der Waals surface area contributed by atoms with Gasteiger partial charge in [0.1, 0.15) is 0 Å². The summed E-state index contributed by atoms with van der Waals surface area (Å²) < 4.78 is 0. The van der Waals surface area contributed by atoms with Crippen LogP contribution in [0.5, 0.6) is 0 Å². The second-order valence-electron chi connectivity index (χ2n) is 13.0. The van der Waals surface area contributed by atoms with Crippen molar-refractivity contribution in [2.45, 2.75) is 119 Å². The summed E-state index contributed by atoms with van der Waals surface area (Å²) in [4.78, 5) is 12.7. The average molecular weight is 573 g/mol. The molecule has 0 amide bonds. The van der Waals surface area contributed by atoms with Crippen molar-refractivity contribution in [2.24, 2.45) is 21.8 Å². The zero-order valence-corrected chi connectivity index (χ0v) is 28.3. The predicted molar refractivity (Wildman–Crippen MR) is 186 cm³/mol. The van der Waals surface area contributed by atoms with E-state index in [0.29, 0.717) is 12.0 Å². The lowest BCUT2D eigenvalue weighted by atomic mass is 9.83. The van der Waals surface area contributed by atoms with Gasteiger partial charge in [-0.15, -0.1) is 0 Å². The van der Waals surface area contributed by atoms with Crippen LogP contribution in [-0.4, -0.2) is 49.0 Å². The SMILES string of the molecule is C=C(C)/C(C)=C/C(=N\C)C(=C/C(C)=C1CCC1)/N=C(\C(C)=C/C(=C\C)N1CCC(NCCC2CCC2)CC1)C(C)CC. The molecule has 3 aliphatic rings. The number of nitrogens with one attached hydrogen (secondary N) is 1. The number of nitrogens with zero attached hydrogens (tertiary/aromatic N) is 3. The fraction of sp³-hybridized carbons (Fsp3) is 0.632. The largest absolute Gasteiger partial charge is 0.372 e. The topological polar surface area (TPSA) is 40.0 Å². The second kappa shape index (κ2) is 17.0. The Morgan fingerprint density at radius 3 is 2.19 bits per heavy atom. The first-order chi connectivity index (χ1) is 20.2. The zero-order valence-electron chi connectivity index (χ0n) is 28.3. The number of likely N-dealkylation sites (tertiary alicyclic amines) is 1. The smallest absolute Gasteiger partial charge is 0.0887 e. The van der Waals surface area contributed by atoms with E-state index in [0.717, 1.165) is 53.7 Å². The molecule has 3 rings (SSSR count). The third kappa shape index (κ3) is 9.79. The number of allylic oxidation sites excluding steroid dienone is 9. The quantitative estimate of drug-likeness (QED) is 0.166. The third-order valence-electron chi connectivity index (χ3n) is 9.85. The Bertz CT molecular complexity index is 1140. The lowest BCUT2D eigenvalue weighted by Gasteiger charge is -2.35. The van der Waals surface area contributed by atoms with Crippen LogP contribution in [0, 0.1) is 11.8 Å². The Kier molecular flexibility index (Phi) is 13.8. The van der Waals surface area contributed by atoms with Crippen LogP contribution in [0.4, 0.5) is 0 Å².